The Labute approximate surface area is 235 Å². The van der Waals surface area contributed by atoms with E-state index in [2.05, 4.69) is 45.5 Å². The molecule has 2 aromatic carbocycles. The normalized spacial score (nSPS) is 17.4. The molecule has 2 N–H and O–H groups in total. The smallest absolute Gasteiger partial charge is 0.232 e. The van der Waals surface area contributed by atoms with Crippen LogP contribution in [-0.4, -0.2) is 58.6 Å². The molecule has 11 heteroatoms. The Morgan fingerprint density at radius 2 is 1.73 bits per heavy atom. The van der Waals surface area contributed by atoms with Gasteiger partial charge in [0.15, 0.2) is 9.84 Å². The van der Waals surface area contributed by atoms with Gasteiger partial charge in [0.25, 0.3) is 0 Å². The van der Waals surface area contributed by atoms with Crippen LogP contribution < -0.4 is 15.4 Å². The molecule has 10 nitrogen and oxygen atoms in total. The summed E-state index contributed by atoms with van der Waals surface area (Å²) in [7, 11) is -3.51. The van der Waals surface area contributed by atoms with E-state index in [0.717, 1.165) is 43.8 Å². The van der Waals surface area contributed by atoms with E-state index in [4.69, 9.17) is 4.74 Å². The average Bonchev–Trinajstić information content (AvgIpc) is 3.30. The van der Waals surface area contributed by atoms with Gasteiger partial charge in [-0.2, -0.15) is 4.98 Å². The van der Waals surface area contributed by atoms with Crippen molar-refractivity contribution in [3.8, 4) is 5.75 Å². The maximum Gasteiger partial charge on any atom is 0.232 e. The average molecular weight is 565 g/mol. The first-order chi connectivity index (χ1) is 19.0. The van der Waals surface area contributed by atoms with E-state index in [1.54, 1.807) is 45.0 Å². The minimum atomic E-state index is -3.51. The van der Waals surface area contributed by atoms with Gasteiger partial charge in [0.1, 0.15) is 18.2 Å². The summed E-state index contributed by atoms with van der Waals surface area (Å²) in [6.07, 6.45) is 4.11. The van der Waals surface area contributed by atoms with Gasteiger partial charge in [-0.25, -0.2) is 18.4 Å². The standard InChI is InChI=1S/C29H36N6O4S/c1-17(2)40(37,38)25-9-7-6-8-23(25)32-28-30-16-31-29(34-28)33-24-14-18(3)26(22-15-19(4)39-27(22)24)21-10-12-35(13-11-21)20(5)36/h6-9,14,16-17,19,21H,10-13,15H2,1-5H3,(H2,30,31,32,33,34). The van der Waals surface area contributed by atoms with Crippen LogP contribution in [0, 0.1) is 6.92 Å². The van der Waals surface area contributed by atoms with E-state index >= 15 is 0 Å². The number of amides is 1. The summed E-state index contributed by atoms with van der Waals surface area (Å²) < 4.78 is 32.0. The van der Waals surface area contributed by atoms with E-state index in [-0.39, 0.29) is 22.9 Å². The molecule has 1 fully saturated rings. The summed E-state index contributed by atoms with van der Waals surface area (Å²) in [5, 5.41) is 5.80. The number of anilines is 4. The highest BCUT2D eigenvalue weighted by molar-refractivity contribution is 7.92. The number of benzene rings is 2. The van der Waals surface area contributed by atoms with Crippen molar-refractivity contribution in [3.63, 3.8) is 0 Å². The molecular formula is C29H36N6O4S. The lowest BCUT2D eigenvalue weighted by Gasteiger charge is -2.33. The van der Waals surface area contributed by atoms with E-state index in [9.17, 15) is 13.2 Å². The number of hydrogen-bond acceptors (Lipinski definition) is 9. The van der Waals surface area contributed by atoms with Gasteiger partial charge in [0.05, 0.1) is 21.5 Å². The highest BCUT2D eigenvalue weighted by atomic mass is 32.2. The van der Waals surface area contributed by atoms with Crippen LogP contribution in [0.1, 0.15) is 63.1 Å². The van der Waals surface area contributed by atoms with Crippen LogP contribution in [0.25, 0.3) is 0 Å². The van der Waals surface area contributed by atoms with Crippen molar-refractivity contribution in [2.75, 3.05) is 23.7 Å². The third-order valence-electron chi connectivity index (χ3n) is 7.67. The zero-order valence-corrected chi connectivity index (χ0v) is 24.4. The summed E-state index contributed by atoms with van der Waals surface area (Å²) in [5.41, 5.74) is 4.88. The molecule has 0 radical (unpaired) electrons. The lowest BCUT2D eigenvalue weighted by atomic mass is 9.82. The maximum atomic E-state index is 12.9. The first-order valence-electron chi connectivity index (χ1n) is 13.7. The largest absolute Gasteiger partial charge is 0.488 e. The summed E-state index contributed by atoms with van der Waals surface area (Å²) >= 11 is 0. The molecule has 212 valence electrons. The zero-order chi connectivity index (χ0) is 28.6. The number of nitrogens with zero attached hydrogens (tertiary/aromatic N) is 4. The molecule has 1 atom stereocenters. The Bertz CT molecular complexity index is 1530. The van der Waals surface area contributed by atoms with Crippen LogP contribution in [0.15, 0.2) is 41.6 Å². The number of para-hydroxylation sites is 1. The molecule has 2 aliphatic rings. The summed E-state index contributed by atoms with van der Waals surface area (Å²) in [4.78, 5) is 27.0. The molecule has 0 aliphatic carbocycles. The van der Waals surface area contributed by atoms with E-state index < -0.39 is 15.1 Å². The van der Waals surface area contributed by atoms with Crippen LogP contribution in [0.2, 0.25) is 0 Å². The number of nitrogens with one attached hydrogen (secondary N) is 2. The highest BCUT2D eigenvalue weighted by Crippen LogP contribution is 2.45. The quantitative estimate of drug-likeness (QED) is 0.412. The Hall–Kier alpha value is -3.73. The summed E-state index contributed by atoms with van der Waals surface area (Å²) in [6, 6.07) is 8.80. The van der Waals surface area contributed by atoms with Gasteiger partial charge in [0, 0.05) is 32.0 Å². The number of hydrogen-bond donors (Lipinski definition) is 2. The van der Waals surface area contributed by atoms with Crippen molar-refractivity contribution in [3.05, 3.63) is 53.3 Å². The third-order valence-corrected chi connectivity index (χ3v) is 9.88. The minimum Gasteiger partial charge on any atom is -0.488 e. The summed E-state index contributed by atoms with van der Waals surface area (Å²) in [6.45, 7) is 10.7. The number of sulfone groups is 1. The van der Waals surface area contributed by atoms with E-state index in [0.29, 0.717) is 17.6 Å². The first kappa shape index (κ1) is 27.8. The number of aryl methyl sites for hydroxylation is 1. The van der Waals surface area contributed by atoms with Gasteiger partial charge in [-0.05, 0) is 75.8 Å². The predicted octanol–water partition coefficient (Wildman–Crippen LogP) is 4.90. The Morgan fingerprint density at radius 3 is 2.38 bits per heavy atom. The first-order valence-corrected chi connectivity index (χ1v) is 15.2. The Kier molecular flexibility index (Phi) is 7.67. The topological polar surface area (TPSA) is 126 Å². The third kappa shape index (κ3) is 5.47. The Balaban J connectivity index is 1.41. The van der Waals surface area contributed by atoms with Crippen LogP contribution in [0.5, 0.6) is 5.75 Å². The van der Waals surface area contributed by atoms with Crippen molar-refractivity contribution in [2.45, 2.75) is 76.0 Å². The van der Waals surface area contributed by atoms with Crippen LogP contribution in [-0.2, 0) is 21.1 Å². The molecule has 0 saturated carbocycles. The second-order valence-electron chi connectivity index (χ2n) is 10.8. The van der Waals surface area contributed by atoms with Gasteiger partial charge in [-0.1, -0.05) is 12.1 Å². The molecule has 0 bridgehead atoms. The minimum absolute atomic E-state index is 0.0448. The van der Waals surface area contributed by atoms with Crippen molar-refractivity contribution in [1.29, 1.82) is 0 Å². The second kappa shape index (κ2) is 11.0. The monoisotopic (exact) mass is 564 g/mol. The van der Waals surface area contributed by atoms with E-state index in [1.807, 2.05) is 4.90 Å². The Morgan fingerprint density at radius 1 is 1.07 bits per heavy atom. The summed E-state index contributed by atoms with van der Waals surface area (Å²) in [5.74, 6) is 1.86. The number of rotatable bonds is 7. The number of aromatic nitrogens is 3. The molecule has 5 rings (SSSR count). The molecule has 1 aromatic heterocycles. The van der Waals surface area contributed by atoms with Gasteiger partial charge in [0.2, 0.25) is 17.8 Å². The van der Waals surface area contributed by atoms with Crippen LogP contribution in [0.4, 0.5) is 23.3 Å². The number of carbonyl (C=O) groups excluding carboxylic acids is 1. The van der Waals surface area contributed by atoms with Gasteiger partial charge < -0.3 is 20.3 Å². The molecule has 1 unspecified atom stereocenters. The lowest BCUT2D eigenvalue weighted by Crippen LogP contribution is -2.36. The number of carbonyl (C=O) groups is 1. The fraction of sp³-hybridized carbons (Fsp3) is 0.448. The van der Waals surface area contributed by atoms with Gasteiger partial charge >= 0.3 is 0 Å². The van der Waals surface area contributed by atoms with Crippen molar-refractivity contribution in [2.24, 2.45) is 0 Å². The zero-order valence-electron chi connectivity index (χ0n) is 23.6. The SMILES string of the molecule is CC(=O)N1CCC(c2c(C)cc(Nc3ncnc(Nc4ccccc4S(=O)(=O)C(C)C)n3)c3c2CC(C)O3)CC1. The van der Waals surface area contributed by atoms with Crippen molar-refractivity contribution in [1.82, 2.24) is 19.9 Å². The molecule has 2 aliphatic heterocycles. The van der Waals surface area contributed by atoms with Crippen LogP contribution in [0.3, 0.4) is 0 Å². The number of fused-ring (bicyclic) bond motifs is 1. The molecule has 40 heavy (non-hydrogen) atoms. The van der Waals surface area contributed by atoms with E-state index in [1.165, 1.54) is 23.0 Å². The van der Waals surface area contributed by atoms with Crippen molar-refractivity contribution >= 4 is 39.0 Å². The van der Waals surface area contributed by atoms with Crippen molar-refractivity contribution < 1.29 is 17.9 Å². The lowest BCUT2D eigenvalue weighted by molar-refractivity contribution is -0.129. The fourth-order valence-corrected chi connectivity index (χ4v) is 6.83. The predicted molar refractivity (Wildman–Crippen MR) is 154 cm³/mol. The maximum absolute atomic E-state index is 12.9. The molecular weight excluding hydrogens is 528 g/mol. The fourth-order valence-electron chi connectivity index (χ4n) is 5.62. The molecule has 1 saturated heterocycles. The van der Waals surface area contributed by atoms with Crippen LogP contribution >= 0.6 is 0 Å². The molecule has 3 heterocycles. The number of piperidine rings is 1. The highest BCUT2D eigenvalue weighted by Gasteiger charge is 2.32. The van der Waals surface area contributed by atoms with Gasteiger partial charge in [-0.3, -0.25) is 4.79 Å². The molecule has 3 aromatic rings. The number of likely N-dealkylation sites (tertiary alicyclic amines) is 1. The molecule has 1 amide bonds. The molecule has 0 spiro atoms. The van der Waals surface area contributed by atoms with Gasteiger partial charge in [-0.15, -0.1) is 0 Å². The second-order valence-corrected chi connectivity index (χ2v) is 13.3. The number of ether oxygens (including phenoxy) is 1.